The third kappa shape index (κ3) is 2.55. The summed E-state index contributed by atoms with van der Waals surface area (Å²) in [6, 6.07) is 7.34. The monoisotopic (exact) mass is 248 g/mol. The number of ether oxygens (including phenoxy) is 2. The maximum Gasteiger partial charge on any atom is 0.161 e. The zero-order chi connectivity index (χ0) is 13.0. The molecule has 18 heavy (non-hydrogen) atoms. The van der Waals surface area contributed by atoms with Crippen LogP contribution in [0.15, 0.2) is 18.2 Å². The number of aliphatic hydroxyl groups excluding tert-OH is 1. The number of hydrogen-bond donors (Lipinski definition) is 1. The highest BCUT2D eigenvalue weighted by Gasteiger charge is 2.19. The van der Waals surface area contributed by atoms with Crippen LogP contribution in [0.4, 0.5) is 0 Å². The van der Waals surface area contributed by atoms with Gasteiger partial charge in [0, 0.05) is 6.54 Å². The lowest BCUT2D eigenvalue weighted by atomic mass is 10.1. The lowest BCUT2D eigenvalue weighted by molar-refractivity contribution is 0.170. The van der Waals surface area contributed by atoms with Crippen molar-refractivity contribution in [3.63, 3.8) is 0 Å². The average molecular weight is 248 g/mol. The van der Waals surface area contributed by atoms with Gasteiger partial charge in [-0.3, -0.25) is 4.90 Å². The van der Waals surface area contributed by atoms with E-state index < -0.39 is 6.04 Å². The maximum atomic E-state index is 9.24. The third-order valence-electron chi connectivity index (χ3n) is 2.90. The van der Waals surface area contributed by atoms with Gasteiger partial charge in [-0.15, -0.1) is 0 Å². The average Bonchev–Trinajstić information content (AvgIpc) is 2.40. The van der Waals surface area contributed by atoms with Crippen LogP contribution in [0.3, 0.4) is 0 Å². The van der Waals surface area contributed by atoms with Gasteiger partial charge in [0.1, 0.15) is 19.3 Å². The van der Waals surface area contributed by atoms with Crippen molar-refractivity contribution in [1.82, 2.24) is 4.90 Å². The van der Waals surface area contributed by atoms with Crippen LogP contribution in [0.5, 0.6) is 11.5 Å². The van der Waals surface area contributed by atoms with Crippen molar-refractivity contribution in [2.24, 2.45) is 0 Å². The second-order valence-electron chi connectivity index (χ2n) is 4.14. The topological polar surface area (TPSA) is 65.7 Å². The predicted molar refractivity (Wildman–Crippen MR) is 65.5 cm³/mol. The minimum atomic E-state index is -0.395. The summed E-state index contributed by atoms with van der Waals surface area (Å²) in [4.78, 5) is 1.80. The molecule has 1 aromatic carbocycles. The molecule has 1 aliphatic heterocycles. The summed E-state index contributed by atoms with van der Waals surface area (Å²) < 4.78 is 10.9. The van der Waals surface area contributed by atoms with Gasteiger partial charge in [-0.25, -0.2) is 0 Å². The third-order valence-corrected chi connectivity index (χ3v) is 2.90. The molecule has 0 amide bonds. The van der Waals surface area contributed by atoms with Crippen LogP contribution in [0.25, 0.3) is 0 Å². The van der Waals surface area contributed by atoms with Gasteiger partial charge in [0.25, 0.3) is 0 Å². The largest absolute Gasteiger partial charge is 0.486 e. The standard InChI is InChI=1S/C13H16N2O3/c1-15(4-5-16)11(9-14)10-2-3-12-13(8-10)18-7-6-17-12/h2-3,8,11,16H,4-7H2,1H3. The minimum Gasteiger partial charge on any atom is -0.486 e. The van der Waals surface area contributed by atoms with E-state index in [0.29, 0.717) is 31.3 Å². The van der Waals surface area contributed by atoms with E-state index in [0.717, 1.165) is 5.56 Å². The van der Waals surface area contributed by atoms with E-state index in [1.54, 1.807) is 11.9 Å². The Morgan fingerprint density at radius 2 is 2.11 bits per heavy atom. The molecule has 0 aromatic heterocycles. The second kappa shape index (κ2) is 5.71. The number of rotatable bonds is 4. The number of hydrogen-bond acceptors (Lipinski definition) is 5. The summed E-state index contributed by atoms with van der Waals surface area (Å²) in [5.74, 6) is 1.39. The van der Waals surface area contributed by atoms with E-state index in [4.69, 9.17) is 14.6 Å². The first-order valence-electron chi connectivity index (χ1n) is 5.86. The van der Waals surface area contributed by atoms with E-state index in [9.17, 15) is 5.26 Å². The van der Waals surface area contributed by atoms with Crippen molar-refractivity contribution < 1.29 is 14.6 Å². The Morgan fingerprint density at radius 1 is 1.39 bits per heavy atom. The van der Waals surface area contributed by atoms with Gasteiger partial charge in [-0.05, 0) is 24.7 Å². The Morgan fingerprint density at radius 3 is 2.78 bits per heavy atom. The first kappa shape index (κ1) is 12.7. The van der Waals surface area contributed by atoms with Crippen LogP contribution in [-0.4, -0.2) is 43.4 Å². The molecule has 2 rings (SSSR count). The Hall–Kier alpha value is -1.77. The number of aliphatic hydroxyl groups is 1. The molecule has 1 aromatic rings. The first-order valence-corrected chi connectivity index (χ1v) is 5.86. The van der Waals surface area contributed by atoms with Crippen molar-refractivity contribution in [2.75, 3.05) is 33.4 Å². The lowest BCUT2D eigenvalue weighted by Crippen LogP contribution is -2.26. The van der Waals surface area contributed by atoms with Crippen LogP contribution < -0.4 is 9.47 Å². The molecule has 0 radical (unpaired) electrons. The van der Waals surface area contributed by atoms with Crippen LogP contribution >= 0.6 is 0 Å². The fourth-order valence-corrected chi connectivity index (χ4v) is 1.94. The van der Waals surface area contributed by atoms with Crippen LogP contribution in [0.2, 0.25) is 0 Å². The number of fused-ring (bicyclic) bond motifs is 1. The zero-order valence-electron chi connectivity index (χ0n) is 10.3. The molecule has 0 saturated carbocycles. The minimum absolute atomic E-state index is 0.0270. The summed E-state index contributed by atoms with van der Waals surface area (Å²) in [6.07, 6.45) is 0. The summed E-state index contributed by atoms with van der Waals surface area (Å²) >= 11 is 0. The molecule has 0 saturated heterocycles. The van der Waals surface area contributed by atoms with Crippen LogP contribution in [0.1, 0.15) is 11.6 Å². The number of nitriles is 1. The van der Waals surface area contributed by atoms with Gasteiger partial charge in [0.2, 0.25) is 0 Å². The number of benzene rings is 1. The van der Waals surface area contributed by atoms with Gasteiger partial charge < -0.3 is 14.6 Å². The summed E-state index contributed by atoms with van der Waals surface area (Å²) in [7, 11) is 1.81. The molecule has 1 atom stereocenters. The van der Waals surface area contributed by atoms with Gasteiger partial charge in [0.05, 0.1) is 12.7 Å². The molecule has 0 spiro atoms. The molecular weight excluding hydrogens is 232 g/mol. The molecule has 5 nitrogen and oxygen atoms in total. The molecule has 0 bridgehead atoms. The highest BCUT2D eigenvalue weighted by atomic mass is 16.6. The molecule has 0 aliphatic carbocycles. The summed E-state index contributed by atoms with van der Waals surface area (Å²) in [6.45, 7) is 1.56. The second-order valence-corrected chi connectivity index (χ2v) is 4.14. The molecule has 1 N–H and O–H groups in total. The highest BCUT2D eigenvalue weighted by molar-refractivity contribution is 5.45. The zero-order valence-corrected chi connectivity index (χ0v) is 10.3. The Kier molecular flexibility index (Phi) is 4.03. The van der Waals surface area contributed by atoms with Crippen molar-refractivity contribution in [1.29, 1.82) is 5.26 Å². The molecule has 1 unspecified atom stereocenters. The van der Waals surface area contributed by atoms with Gasteiger partial charge in [-0.1, -0.05) is 6.07 Å². The molecule has 5 heteroatoms. The molecule has 0 fully saturated rings. The molecule has 96 valence electrons. The quantitative estimate of drug-likeness (QED) is 0.859. The van der Waals surface area contributed by atoms with E-state index in [-0.39, 0.29) is 6.61 Å². The number of likely N-dealkylation sites (N-methyl/N-ethyl adjacent to an activating group) is 1. The molecule has 1 heterocycles. The fraction of sp³-hybridized carbons (Fsp3) is 0.462. The van der Waals surface area contributed by atoms with Gasteiger partial charge in [-0.2, -0.15) is 5.26 Å². The van der Waals surface area contributed by atoms with Crippen LogP contribution in [-0.2, 0) is 0 Å². The van der Waals surface area contributed by atoms with Crippen molar-refractivity contribution in [2.45, 2.75) is 6.04 Å². The van der Waals surface area contributed by atoms with E-state index in [2.05, 4.69) is 6.07 Å². The smallest absolute Gasteiger partial charge is 0.161 e. The first-order chi connectivity index (χ1) is 8.76. The summed E-state index contributed by atoms with van der Waals surface area (Å²) in [5, 5.41) is 18.2. The summed E-state index contributed by atoms with van der Waals surface area (Å²) in [5.41, 5.74) is 0.845. The maximum absolute atomic E-state index is 9.24. The van der Waals surface area contributed by atoms with E-state index in [1.807, 2.05) is 18.2 Å². The molecule has 1 aliphatic rings. The lowest BCUT2D eigenvalue weighted by Gasteiger charge is -2.24. The Labute approximate surface area is 106 Å². The SMILES string of the molecule is CN(CCO)C(C#N)c1ccc2c(c1)OCCO2. The predicted octanol–water partition coefficient (Wildman–Crippen LogP) is 0.947. The van der Waals surface area contributed by atoms with Gasteiger partial charge >= 0.3 is 0 Å². The Bertz CT molecular complexity index is 456. The normalized spacial score (nSPS) is 15.2. The fourth-order valence-electron chi connectivity index (χ4n) is 1.94. The Balaban J connectivity index is 2.24. The van der Waals surface area contributed by atoms with Gasteiger partial charge in [0.15, 0.2) is 11.5 Å². The highest BCUT2D eigenvalue weighted by Crippen LogP contribution is 2.33. The van der Waals surface area contributed by atoms with E-state index >= 15 is 0 Å². The van der Waals surface area contributed by atoms with Crippen molar-refractivity contribution >= 4 is 0 Å². The van der Waals surface area contributed by atoms with Crippen molar-refractivity contribution in [3.05, 3.63) is 23.8 Å². The number of nitrogens with zero attached hydrogens (tertiary/aromatic N) is 2. The van der Waals surface area contributed by atoms with E-state index in [1.165, 1.54) is 0 Å². The van der Waals surface area contributed by atoms with Crippen LogP contribution in [0, 0.1) is 11.3 Å². The molecular formula is C13H16N2O3. The van der Waals surface area contributed by atoms with Crippen molar-refractivity contribution in [3.8, 4) is 17.6 Å².